The smallest absolute Gasteiger partial charge is 0.141 e. The van der Waals surface area contributed by atoms with Gasteiger partial charge in [-0.3, -0.25) is 4.99 Å². The summed E-state index contributed by atoms with van der Waals surface area (Å²) in [5.41, 5.74) is 4.80. The van der Waals surface area contributed by atoms with E-state index in [1.807, 2.05) is 12.1 Å². The third-order valence-corrected chi connectivity index (χ3v) is 4.89. The van der Waals surface area contributed by atoms with Crippen LogP contribution < -0.4 is 4.90 Å². The molecule has 0 unspecified atom stereocenters. The first-order valence-electron chi connectivity index (χ1n) is 7.89. The molecule has 1 aliphatic rings. The molecule has 1 N–H and O–H groups in total. The van der Waals surface area contributed by atoms with Crippen LogP contribution in [-0.2, 0) is 0 Å². The molecule has 0 atom stereocenters. The van der Waals surface area contributed by atoms with Crippen molar-refractivity contribution in [1.82, 2.24) is 0 Å². The largest absolute Gasteiger partial charge is 0.506 e. The summed E-state index contributed by atoms with van der Waals surface area (Å²) in [6, 6.07) is 11.0. The van der Waals surface area contributed by atoms with Crippen molar-refractivity contribution in [2.45, 2.75) is 26.3 Å². The molecular weight excluding hydrogens is 320 g/mol. The van der Waals surface area contributed by atoms with Crippen LogP contribution in [0.5, 0.6) is 5.75 Å². The maximum absolute atomic E-state index is 9.82. The Labute approximate surface area is 147 Å². The predicted molar refractivity (Wildman–Crippen MR) is 103 cm³/mol. The molecule has 24 heavy (non-hydrogen) atoms. The highest BCUT2D eigenvalue weighted by atomic mass is 35.5. The Bertz CT molecular complexity index is 853. The van der Waals surface area contributed by atoms with E-state index in [1.54, 1.807) is 24.4 Å². The van der Waals surface area contributed by atoms with Crippen molar-refractivity contribution >= 4 is 34.8 Å². The lowest BCUT2D eigenvalue weighted by Crippen LogP contribution is -2.42. The molecule has 0 spiro atoms. The monoisotopic (exact) mass is 340 g/mol. The molecule has 0 aromatic heterocycles. The van der Waals surface area contributed by atoms with Gasteiger partial charge in [-0.1, -0.05) is 29.8 Å². The van der Waals surface area contributed by atoms with Crippen LogP contribution in [0.2, 0.25) is 5.02 Å². The Morgan fingerprint density at radius 2 is 1.92 bits per heavy atom. The van der Waals surface area contributed by atoms with Crippen LogP contribution in [0.1, 0.15) is 31.9 Å². The Morgan fingerprint density at radius 3 is 2.62 bits per heavy atom. The van der Waals surface area contributed by atoms with Gasteiger partial charge >= 0.3 is 0 Å². The summed E-state index contributed by atoms with van der Waals surface area (Å²) in [5.74, 6) is 0.153. The Hall–Kier alpha value is -2.26. The van der Waals surface area contributed by atoms with Crippen molar-refractivity contribution < 1.29 is 5.11 Å². The number of aromatic hydroxyl groups is 1. The lowest BCUT2D eigenvalue weighted by Gasteiger charge is -2.40. The number of para-hydroxylation sites is 2. The van der Waals surface area contributed by atoms with E-state index in [0.717, 1.165) is 16.8 Å². The Kier molecular flexibility index (Phi) is 4.14. The molecule has 0 aliphatic carbocycles. The first-order valence-corrected chi connectivity index (χ1v) is 8.26. The normalized spacial score (nSPS) is 16.2. The first-order chi connectivity index (χ1) is 11.3. The van der Waals surface area contributed by atoms with E-state index >= 15 is 0 Å². The zero-order valence-electron chi connectivity index (χ0n) is 14.3. The standard InChI is InChI=1S/C20H21ClN2O/c1-13-11-20(2,3)23(4)18-10-16(21)14(9-15(13)18)12-22-17-7-5-6-8-19(17)24/h5-12,24H,1-4H3. The molecule has 3 nitrogen and oxygen atoms in total. The molecule has 124 valence electrons. The fourth-order valence-corrected chi connectivity index (χ4v) is 3.21. The van der Waals surface area contributed by atoms with Gasteiger partial charge in [-0.2, -0.15) is 0 Å². The van der Waals surface area contributed by atoms with Crippen LogP contribution in [0, 0.1) is 0 Å². The third-order valence-electron chi connectivity index (χ3n) is 4.56. The number of fused-ring (bicyclic) bond motifs is 1. The molecule has 4 heteroatoms. The van der Waals surface area contributed by atoms with E-state index in [9.17, 15) is 5.11 Å². The second kappa shape index (κ2) is 5.99. The van der Waals surface area contributed by atoms with Crippen LogP contribution in [0.4, 0.5) is 11.4 Å². The number of anilines is 1. The molecule has 0 saturated carbocycles. The maximum Gasteiger partial charge on any atom is 0.141 e. The number of nitrogens with zero attached hydrogens (tertiary/aromatic N) is 2. The number of aliphatic imine (C=N–C) groups is 1. The van der Waals surface area contributed by atoms with E-state index in [1.165, 1.54) is 5.57 Å². The fraction of sp³-hybridized carbons (Fsp3) is 0.250. The van der Waals surface area contributed by atoms with E-state index in [2.05, 4.69) is 49.9 Å². The summed E-state index contributed by atoms with van der Waals surface area (Å²) in [6.45, 7) is 6.48. The molecule has 1 heterocycles. The van der Waals surface area contributed by atoms with Crippen LogP contribution in [0.15, 0.2) is 47.5 Å². The van der Waals surface area contributed by atoms with Gasteiger partial charge in [-0.05, 0) is 50.6 Å². The van der Waals surface area contributed by atoms with E-state index in [4.69, 9.17) is 11.6 Å². The number of benzene rings is 2. The fourth-order valence-electron chi connectivity index (χ4n) is 3.00. The minimum absolute atomic E-state index is 0.0498. The second-order valence-electron chi connectivity index (χ2n) is 6.68. The van der Waals surface area contributed by atoms with Crippen LogP contribution in [-0.4, -0.2) is 23.9 Å². The number of allylic oxidation sites excluding steroid dienone is 1. The average molecular weight is 341 g/mol. The summed E-state index contributed by atoms with van der Waals surface area (Å²) >= 11 is 6.47. The van der Waals surface area contributed by atoms with Gasteiger partial charge in [-0.15, -0.1) is 0 Å². The Balaban J connectivity index is 2.04. The summed E-state index contributed by atoms with van der Waals surface area (Å²) in [4.78, 5) is 6.59. The van der Waals surface area contributed by atoms with E-state index < -0.39 is 0 Å². The van der Waals surface area contributed by atoms with Gasteiger partial charge in [0.05, 0.1) is 10.6 Å². The number of phenols is 1. The van der Waals surface area contributed by atoms with Crippen LogP contribution in [0.25, 0.3) is 5.57 Å². The molecule has 2 aromatic carbocycles. The molecule has 2 aromatic rings. The third kappa shape index (κ3) is 2.92. The number of halogens is 1. The molecular formula is C20H21ClN2O. The van der Waals surface area contributed by atoms with Crippen molar-refractivity contribution in [3.63, 3.8) is 0 Å². The van der Waals surface area contributed by atoms with Gasteiger partial charge in [0.1, 0.15) is 11.4 Å². The van der Waals surface area contributed by atoms with Crippen LogP contribution in [0.3, 0.4) is 0 Å². The highest BCUT2D eigenvalue weighted by Crippen LogP contribution is 2.40. The summed E-state index contributed by atoms with van der Waals surface area (Å²) in [6.07, 6.45) is 3.96. The van der Waals surface area contributed by atoms with Gasteiger partial charge in [0.15, 0.2) is 0 Å². The number of likely N-dealkylation sites (N-methyl/N-ethyl adjacent to an activating group) is 1. The average Bonchev–Trinajstić information content (AvgIpc) is 2.52. The van der Waals surface area contributed by atoms with Crippen LogP contribution >= 0.6 is 11.6 Å². The number of phenolic OH excluding ortho intramolecular Hbond substituents is 1. The van der Waals surface area contributed by atoms with Gasteiger partial charge in [0.25, 0.3) is 0 Å². The highest BCUT2D eigenvalue weighted by Gasteiger charge is 2.29. The Morgan fingerprint density at radius 1 is 1.21 bits per heavy atom. The molecule has 0 amide bonds. The number of hydrogen-bond acceptors (Lipinski definition) is 3. The van der Waals surface area contributed by atoms with Crippen molar-refractivity contribution in [2.75, 3.05) is 11.9 Å². The quantitative estimate of drug-likeness (QED) is 0.740. The molecule has 3 rings (SSSR count). The molecule has 0 radical (unpaired) electrons. The van der Waals surface area contributed by atoms with E-state index in [-0.39, 0.29) is 11.3 Å². The van der Waals surface area contributed by atoms with Gasteiger partial charge in [0, 0.05) is 30.1 Å². The van der Waals surface area contributed by atoms with Crippen molar-refractivity contribution in [1.29, 1.82) is 0 Å². The summed E-state index contributed by atoms with van der Waals surface area (Å²) in [7, 11) is 2.08. The lowest BCUT2D eigenvalue weighted by molar-refractivity contribution is 0.477. The predicted octanol–water partition coefficient (Wildman–Crippen LogP) is 5.43. The molecule has 0 bridgehead atoms. The second-order valence-corrected chi connectivity index (χ2v) is 7.09. The van der Waals surface area contributed by atoms with Gasteiger partial charge in [-0.25, -0.2) is 0 Å². The van der Waals surface area contributed by atoms with Crippen molar-refractivity contribution in [3.8, 4) is 5.75 Å². The zero-order valence-corrected chi connectivity index (χ0v) is 15.1. The minimum atomic E-state index is -0.0498. The number of rotatable bonds is 2. The highest BCUT2D eigenvalue weighted by molar-refractivity contribution is 6.33. The minimum Gasteiger partial charge on any atom is -0.506 e. The maximum atomic E-state index is 9.82. The summed E-state index contributed by atoms with van der Waals surface area (Å²) in [5, 5.41) is 10.5. The summed E-state index contributed by atoms with van der Waals surface area (Å²) < 4.78 is 0. The number of hydrogen-bond donors (Lipinski definition) is 1. The lowest BCUT2D eigenvalue weighted by atomic mass is 9.88. The first kappa shape index (κ1) is 16.6. The van der Waals surface area contributed by atoms with E-state index in [0.29, 0.717) is 10.7 Å². The zero-order chi connectivity index (χ0) is 17.5. The van der Waals surface area contributed by atoms with Gasteiger partial charge < -0.3 is 10.0 Å². The van der Waals surface area contributed by atoms with Gasteiger partial charge in [0.2, 0.25) is 0 Å². The SMILES string of the molecule is CC1=CC(C)(C)N(C)c2cc(Cl)c(C=Nc3ccccc3O)cc21. The molecule has 0 fully saturated rings. The molecule has 1 aliphatic heterocycles. The molecule has 0 saturated heterocycles. The van der Waals surface area contributed by atoms with Crippen molar-refractivity contribution in [2.24, 2.45) is 4.99 Å². The topological polar surface area (TPSA) is 35.8 Å². The van der Waals surface area contributed by atoms with Crippen molar-refractivity contribution in [3.05, 3.63) is 58.6 Å².